The molecule has 2 aliphatic heterocycles. The van der Waals surface area contributed by atoms with Crippen molar-refractivity contribution < 1.29 is 4.79 Å². The van der Waals surface area contributed by atoms with E-state index in [0.29, 0.717) is 5.69 Å². The van der Waals surface area contributed by atoms with Gasteiger partial charge in [0.1, 0.15) is 0 Å². The average Bonchev–Trinajstić information content (AvgIpc) is 3.24. The van der Waals surface area contributed by atoms with Crippen LogP contribution in [0.3, 0.4) is 0 Å². The molecule has 0 atom stereocenters. The van der Waals surface area contributed by atoms with Gasteiger partial charge < -0.3 is 15.1 Å². The molecule has 4 heterocycles. The van der Waals surface area contributed by atoms with Gasteiger partial charge in [-0.1, -0.05) is 0 Å². The van der Waals surface area contributed by atoms with E-state index in [4.69, 9.17) is 0 Å². The summed E-state index contributed by atoms with van der Waals surface area (Å²) < 4.78 is 0. The van der Waals surface area contributed by atoms with Gasteiger partial charge in [0.05, 0.1) is 5.69 Å². The summed E-state index contributed by atoms with van der Waals surface area (Å²) in [4.78, 5) is 21.2. The van der Waals surface area contributed by atoms with Crippen LogP contribution in [0.15, 0.2) is 11.6 Å². The van der Waals surface area contributed by atoms with Crippen LogP contribution in [-0.4, -0.2) is 58.7 Å². The lowest BCUT2D eigenvalue weighted by atomic mass is 10.1. The number of amides is 1. The topological polar surface area (TPSA) is 77.2 Å². The van der Waals surface area contributed by atoms with Gasteiger partial charge in [0.25, 0.3) is 5.91 Å². The summed E-state index contributed by atoms with van der Waals surface area (Å²) in [6, 6.07) is 0. The third-order valence-corrected chi connectivity index (χ3v) is 5.10. The molecule has 0 bridgehead atoms. The van der Waals surface area contributed by atoms with E-state index in [0.717, 1.165) is 62.1 Å². The molecular formula is C14H18N6OS. The Morgan fingerprint density at radius 3 is 2.91 bits per heavy atom. The summed E-state index contributed by atoms with van der Waals surface area (Å²) in [6.45, 7) is 4.77. The molecule has 2 aromatic rings. The molecular weight excluding hydrogens is 300 g/mol. The lowest BCUT2D eigenvalue weighted by Gasteiger charge is -2.34. The van der Waals surface area contributed by atoms with E-state index < -0.39 is 0 Å². The number of piperazine rings is 1. The highest BCUT2D eigenvalue weighted by Crippen LogP contribution is 2.21. The molecule has 0 spiro atoms. The standard InChI is InChI=1S/C14H18N6OS/c21-13(12-10-1-2-15-9-11(10)17-18-12)19-4-6-20(7-5-19)14-16-3-8-22-14/h3,8,15H,1-2,4-7,9H2,(H,17,18). The molecule has 116 valence electrons. The number of thiazole rings is 1. The highest BCUT2D eigenvalue weighted by atomic mass is 32.1. The van der Waals surface area contributed by atoms with Crippen LogP contribution in [0.4, 0.5) is 5.13 Å². The Balaban J connectivity index is 1.45. The van der Waals surface area contributed by atoms with E-state index in [1.165, 1.54) is 0 Å². The maximum Gasteiger partial charge on any atom is 0.274 e. The Kier molecular flexibility index (Phi) is 3.55. The normalized spacial score (nSPS) is 18.4. The predicted octanol–water partition coefficient (Wildman–Crippen LogP) is 0.474. The zero-order chi connectivity index (χ0) is 14.9. The van der Waals surface area contributed by atoms with E-state index in [-0.39, 0.29) is 5.91 Å². The Bertz CT molecular complexity index is 659. The van der Waals surface area contributed by atoms with E-state index in [1.807, 2.05) is 16.5 Å². The van der Waals surface area contributed by atoms with Crippen LogP contribution in [0.1, 0.15) is 21.7 Å². The van der Waals surface area contributed by atoms with Gasteiger partial charge in [-0.15, -0.1) is 11.3 Å². The van der Waals surface area contributed by atoms with Gasteiger partial charge in [-0.05, 0) is 13.0 Å². The van der Waals surface area contributed by atoms with E-state index >= 15 is 0 Å². The Labute approximate surface area is 132 Å². The molecule has 0 unspecified atom stereocenters. The van der Waals surface area contributed by atoms with Gasteiger partial charge >= 0.3 is 0 Å². The zero-order valence-corrected chi connectivity index (χ0v) is 13.0. The highest BCUT2D eigenvalue weighted by Gasteiger charge is 2.28. The largest absolute Gasteiger partial charge is 0.345 e. The number of nitrogens with one attached hydrogen (secondary N) is 2. The molecule has 0 saturated carbocycles. The summed E-state index contributed by atoms with van der Waals surface area (Å²) >= 11 is 1.64. The molecule has 22 heavy (non-hydrogen) atoms. The van der Waals surface area contributed by atoms with Crippen LogP contribution in [0, 0.1) is 0 Å². The van der Waals surface area contributed by atoms with Crippen molar-refractivity contribution in [1.82, 2.24) is 25.4 Å². The smallest absolute Gasteiger partial charge is 0.274 e. The maximum absolute atomic E-state index is 12.7. The minimum absolute atomic E-state index is 0.0539. The Morgan fingerprint density at radius 1 is 1.27 bits per heavy atom. The highest BCUT2D eigenvalue weighted by molar-refractivity contribution is 7.13. The van der Waals surface area contributed by atoms with Crippen LogP contribution in [0.25, 0.3) is 0 Å². The van der Waals surface area contributed by atoms with E-state index in [1.54, 1.807) is 11.3 Å². The second kappa shape index (κ2) is 5.69. The van der Waals surface area contributed by atoms with Crippen LogP contribution in [-0.2, 0) is 13.0 Å². The fraction of sp³-hybridized carbons (Fsp3) is 0.500. The quantitative estimate of drug-likeness (QED) is 0.842. The molecule has 1 fully saturated rings. The minimum atomic E-state index is 0.0539. The first-order valence-electron chi connectivity index (χ1n) is 7.53. The summed E-state index contributed by atoms with van der Waals surface area (Å²) in [5.74, 6) is 0.0539. The molecule has 2 aromatic heterocycles. The third kappa shape index (κ3) is 2.38. The molecule has 1 saturated heterocycles. The Morgan fingerprint density at radius 2 is 2.14 bits per heavy atom. The molecule has 0 radical (unpaired) electrons. The lowest BCUT2D eigenvalue weighted by Crippen LogP contribution is -2.49. The number of anilines is 1. The first-order chi connectivity index (χ1) is 10.8. The van der Waals surface area contributed by atoms with Crippen LogP contribution in [0.2, 0.25) is 0 Å². The van der Waals surface area contributed by atoms with Crippen molar-refractivity contribution in [2.45, 2.75) is 13.0 Å². The van der Waals surface area contributed by atoms with Crippen molar-refractivity contribution in [3.63, 3.8) is 0 Å². The van der Waals surface area contributed by atoms with Crippen molar-refractivity contribution in [3.05, 3.63) is 28.5 Å². The molecule has 2 N–H and O–H groups in total. The van der Waals surface area contributed by atoms with E-state index in [9.17, 15) is 4.79 Å². The van der Waals surface area contributed by atoms with Gasteiger partial charge in [0, 0.05) is 49.9 Å². The number of carbonyl (C=O) groups is 1. The number of H-pyrrole nitrogens is 1. The first-order valence-corrected chi connectivity index (χ1v) is 8.41. The summed E-state index contributed by atoms with van der Waals surface area (Å²) in [7, 11) is 0. The number of fused-ring (bicyclic) bond motifs is 1. The monoisotopic (exact) mass is 318 g/mol. The van der Waals surface area contributed by atoms with Gasteiger partial charge in [0.2, 0.25) is 0 Å². The van der Waals surface area contributed by atoms with Crippen LogP contribution < -0.4 is 10.2 Å². The molecule has 4 rings (SSSR count). The number of hydrogen-bond acceptors (Lipinski definition) is 6. The van der Waals surface area contributed by atoms with Crippen LogP contribution in [0.5, 0.6) is 0 Å². The molecule has 8 heteroatoms. The van der Waals surface area contributed by atoms with Gasteiger partial charge in [-0.3, -0.25) is 9.89 Å². The third-order valence-electron chi connectivity index (χ3n) is 4.27. The van der Waals surface area contributed by atoms with Gasteiger partial charge in [-0.25, -0.2) is 4.98 Å². The fourth-order valence-electron chi connectivity index (χ4n) is 3.04. The molecule has 0 aliphatic carbocycles. The number of aromatic amines is 1. The number of carbonyl (C=O) groups excluding carboxylic acids is 1. The number of nitrogens with zero attached hydrogens (tertiary/aromatic N) is 4. The number of rotatable bonds is 2. The van der Waals surface area contributed by atoms with Crippen molar-refractivity contribution in [2.75, 3.05) is 37.6 Å². The lowest BCUT2D eigenvalue weighted by molar-refractivity contribution is 0.0739. The summed E-state index contributed by atoms with van der Waals surface area (Å²) in [5, 5.41) is 13.6. The predicted molar refractivity (Wildman–Crippen MR) is 84.2 cm³/mol. The molecule has 0 aromatic carbocycles. The second-order valence-corrected chi connectivity index (χ2v) is 6.42. The first kappa shape index (κ1) is 13.7. The Hall–Kier alpha value is -1.93. The van der Waals surface area contributed by atoms with Crippen molar-refractivity contribution in [1.29, 1.82) is 0 Å². The van der Waals surface area contributed by atoms with Crippen molar-refractivity contribution in [2.24, 2.45) is 0 Å². The maximum atomic E-state index is 12.7. The van der Waals surface area contributed by atoms with Crippen LogP contribution >= 0.6 is 11.3 Å². The average molecular weight is 318 g/mol. The number of hydrogen-bond donors (Lipinski definition) is 2. The minimum Gasteiger partial charge on any atom is -0.345 e. The van der Waals surface area contributed by atoms with E-state index in [2.05, 4.69) is 25.4 Å². The zero-order valence-electron chi connectivity index (χ0n) is 12.2. The van der Waals surface area contributed by atoms with Gasteiger partial charge in [-0.2, -0.15) is 5.10 Å². The summed E-state index contributed by atoms with van der Waals surface area (Å²) in [5.41, 5.74) is 2.75. The molecule has 7 nitrogen and oxygen atoms in total. The number of aromatic nitrogens is 3. The SMILES string of the molecule is O=C(c1n[nH]c2c1CCNC2)N1CCN(c2nccs2)CC1. The van der Waals surface area contributed by atoms with Crippen molar-refractivity contribution >= 4 is 22.4 Å². The van der Waals surface area contributed by atoms with Gasteiger partial charge in [0.15, 0.2) is 10.8 Å². The molecule has 2 aliphatic rings. The summed E-state index contributed by atoms with van der Waals surface area (Å²) in [6.07, 6.45) is 2.69. The fourth-order valence-corrected chi connectivity index (χ4v) is 3.74. The van der Waals surface area contributed by atoms with Crippen molar-refractivity contribution in [3.8, 4) is 0 Å². The second-order valence-electron chi connectivity index (χ2n) is 5.55. The molecule has 1 amide bonds.